The van der Waals surface area contributed by atoms with E-state index < -0.39 is 0 Å². The van der Waals surface area contributed by atoms with Crippen LogP contribution in [0.4, 0.5) is 0 Å². The molecule has 0 radical (unpaired) electrons. The first-order chi connectivity index (χ1) is 13.1. The maximum Gasteiger partial charge on any atom is 0.231 e. The number of morpholine rings is 1. The van der Waals surface area contributed by atoms with Crippen LogP contribution in [0.15, 0.2) is 34.0 Å². The number of aromatic nitrogens is 2. The number of nitrogens with one attached hydrogen (secondary N) is 1. The maximum atomic E-state index is 5.92. The van der Waals surface area contributed by atoms with E-state index in [-0.39, 0.29) is 36.9 Å². The third-order valence-corrected chi connectivity index (χ3v) is 5.20. The second-order valence-electron chi connectivity index (χ2n) is 6.46. The first-order valence-electron chi connectivity index (χ1n) is 8.78. The Kier molecular flexibility index (Phi) is 7.05. The number of halogens is 2. The lowest BCUT2D eigenvalue weighted by atomic mass is 10.1. The van der Waals surface area contributed by atoms with Gasteiger partial charge in [-0.3, -0.25) is 9.67 Å². The number of guanidine groups is 1. The van der Waals surface area contributed by atoms with Gasteiger partial charge in [0.15, 0.2) is 17.5 Å². The lowest BCUT2D eigenvalue weighted by Crippen LogP contribution is -2.47. The van der Waals surface area contributed by atoms with Crippen LogP contribution >= 0.6 is 39.9 Å². The van der Waals surface area contributed by atoms with Crippen molar-refractivity contribution in [1.29, 1.82) is 0 Å². The van der Waals surface area contributed by atoms with Crippen LogP contribution in [-0.2, 0) is 18.3 Å². The lowest BCUT2D eigenvalue weighted by molar-refractivity contribution is -0.00805. The summed E-state index contributed by atoms with van der Waals surface area (Å²) in [6.07, 6.45) is 3.84. The van der Waals surface area contributed by atoms with Gasteiger partial charge in [-0.25, -0.2) is 0 Å². The van der Waals surface area contributed by atoms with Crippen molar-refractivity contribution in [3.8, 4) is 11.5 Å². The standard InChI is InChI=1S/C18H22BrN5O3.HI/c1-20-18(21-7-12-5-14(19)17-15(6-12)26-11-27-17)24-3-4-25-16(10-24)13-8-22-23(2)9-13;/h5-6,8-9,16H,3-4,7,10-11H2,1-2H3,(H,20,21);1H. The molecule has 2 aromatic rings. The summed E-state index contributed by atoms with van der Waals surface area (Å²) >= 11 is 3.54. The number of hydrogen-bond acceptors (Lipinski definition) is 5. The summed E-state index contributed by atoms with van der Waals surface area (Å²) in [4.78, 5) is 6.65. The summed E-state index contributed by atoms with van der Waals surface area (Å²) in [5.41, 5.74) is 2.17. The Hall–Kier alpha value is -1.53. The average molecular weight is 564 g/mol. The van der Waals surface area contributed by atoms with Gasteiger partial charge in [0.05, 0.1) is 23.8 Å². The number of aliphatic imine (C=N–C) groups is 1. The Morgan fingerprint density at radius 2 is 2.25 bits per heavy atom. The van der Waals surface area contributed by atoms with E-state index in [1.807, 2.05) is 31.6 Å². The number of rotatable bonds is 3. The quantitative estimate of drug-likeness (QED) is 0.352. The molecule has 1 aromatic carbocycles. The molecule has 1 aromatic heterocycles. The van der Waals surface area contributed by atoms with Crippen LogP contribution in [0.5, 0.6) is 11.5 Å². The smallest absolute Gasteiger partial charge is 0.231 e. The summed E-state index contributed by atoms with van der Waals surface area (Å²) in [7, 11) is 3.71. The van der Waals surface area contributed by atoms with Crippen molar-refractivity contribution in [1.82, 2.24) is 20.0 Å². The fourth-order valence-electron chi connectivity index (χ4n) is 3.29. The Labute approximate surface area is 189 Å². The van der Waals surface area contributed by atoms with Crippen LogP contribution in [0.2, 0.25) is 0 Å². The molecular weight excluding hydrogens is 541 g/mol. The van der Waals surface area contributed by atoms with Crippen LogP contribution < -0.4 is 14.8 Å². The third kappa shape index (κ3) is 4.54. The number of aryl methyl sites for hydroxylation is 1. The molecular formula is C18H23BrIN5O3. The zero-order valence-corrected chi connectivity index (χ0v) is 19.6. The van der Waals surface area contributed by atoms with E-state index in [1.54, 1.807) is 11.7 Å². The van der Waals surface area contributed by atoms with Crippen molar-refractivity contribution < 1.29 is 14.2 Å². The van der Waals surface area contributed by atoms with Gasteiger partial charge in [0.25, 0.3) is 0 Å². The molecule has 0 bridgehead atoms. The monoisotopic (exact) mass is 563 g/mol. The van der Waals surface area contributed by atoms with Gasteiger partial charge in [-0.15, -0.1) is 24.0 Å². The summed E-state index contributed by atoms with van der Waals surface area (Å²) in [5.74, 6) is 2.37. The lowest BCUT2D eigenvalue weighted by Gasteiger charge is -2.34. The molecule has 1 atom stereocenters. The van der Waals surface area contributed by atoms with Gasteiger partial charge >= 0.3 is 0 Å². The van der Waals surface area contributed by atoms with Crippen LogP contribution in [-0.4, -0.2) is 54.2 Å². The fourth-order valence-corrected chi connectivity index (χ4v) is 3.89. The van der Waals surface area contributed by atoms with Gasteiger partial charge < -0.3 is 24.4 Å². The highest BCUT2D eigenvalue weighted by Crippen LogP contribution is 2.39. The maximum absolute atomic E-state index is 5.92. The normalized spacial score (nSPS) is 18.8. The van der Waals surface area contributed by atoms with E-state index in [9.17, 15) is 0 Å². The molecule has 10 heteroatoms. The second-order valence-corrected chi connectivity index (χ2v) is 7.32. The van der Waals surface area contributed by atoms with Crippen molar-refractivity contribution in [2.24, 2.45) is 12.0 Å². The van der Waals surface area contributed by atoms with Crippen molar-refractivity contribution >= 4 is 45.9 Å². The van der Waals surface area contributed by atoms with Crippen LogP contribution in [0.3, 0.4) is 0 Å². The molecule has 3 heterocycles. The third-order valence-electron chi connectivity index (χ3n) is 4.61. The van der Waals surface area contributed by atoms with Crippen molar-refractivity contribution in [2.45, 2.75) is 12.6 Å². The van der Waals surface area contributed by atoms with Crippen molar-refractivity contribution in [3.63, 3.8) is 0 Å². The highest BCUT2D eigenvalue weighted by atomic mass is 127. The van der Waals surface area contributed by atoms with E-state index in [2.05, 4.69) is 36.2 Å². The summed E-state index contributed by atoms with van der Waals surface area (Å²) in [5, 5.41) is 7.67. The molecule has 1 N–H and O–H groups in total. The van der Waals surface area contributed by atoms with Gasteiger partial charge in [-0.05, 0) is 33.6 Å². The Balaban J connectivity index is 0.00000225. The number of benzene rings is 1. The number of ether oxygens (including phenoxy) is 3. The van der Waals surface area contributed by atoms with Crippen LogP contribution in [0, 0.1) is 0 Å². The first-order valence-corrected chi connectivity index (χ1v) is 9.57. The van der Waals surface area contributed by atoms with Crippen LogP contribution in [0.25, 0.3) is 0 Å². The molecule has 2 aliphatic heterocycles. The van der Waals surface area contributed by atoms with Crippen molar-refractivity contribution in [3.05, 3.63) is 40.1 Å². The average Bonchev–Trinajstić information content (AvgIpc) is 3.32. The molecule has 152 valence electrons. The second kappa shape index (κ2) is 9.31. The molecule has 0 spiro atoms. The van der Waals surface area contributed by atoms with Gasteiger partial charge in [0.1, 0.15) is 6.10 Å². The molecule has 0 aliphatic carbocycles. The largest absolute Gasteiger partial charge is 0.454 e. The molecule has 2 aliphatic rings. The van der Waals surface area contributed by atoms with E-state index in [1.165, 1.54) is 0 Å². The molecule has 4 rings (SSSR count). The van der Waals surface area contributed by atoms with Crippen LogP contribution in [0.1, 0.15) is 17.2 Å². The zero-order chi connectivity index (χ0) is 18.8. The Morgan fingerprint density at radius 3 is 3.00 bits per heavy atom. The van der Waals surface area contributed by atoms with Gasteiger partial charge in [-0.1, -0.05) is 0 Å². The van der Waals surface area contributed by atoms with E-state index in [0.29, 0.717) is 13.2 Å². The van der Waals surface area contributed by atoms with Gasteiger partial charge in [0, 0.05) is 38.9 Å². The Morgan fingerprint density at radius 1 is 1.39 bits per heavy atom. The van der Waals surface area contributed by atoms with Crippen molar-refractivity contribution in [2.75, 3.05) is 33.5 Å². The van der Waals surface area contributed by atoms with E-state index in [0.717, 1.165) is 46.1 Å². The minimum Gasteiger partial charge on any atom is -0.454 e. The van der Waals surface area contributed by atoms with E-state index >= 15 is 0 Å². The molecule has 28 heavy (non-hydrogen) atoms. The molecule has 0 amide bonds. The highest BCUT2D eigenvalue weighted by Gasteiger charge is 2.25. The molecule has 0 saturated carbocycles. The molecule has 1 unspecified atom stereocenters. The molecule has 1 saturated heterocycles. The minimum absolute atomic E-state index is 0. The predicted molar refractivity (Wildman–Crippen MR) is 119 cm³/mol. The fraction of sp³-hybridized carbons (Fsp3) is 0.444. The molecule has 1 fully saturated rings. The number of hydrogen-bond donors (Lipinski definition) is 1. The predicted octanol–water partition coefficient (Wildman–Crippen LogP) is 2.68. The minimum atomic E-state index is -0.00862. The van der Waals surface area contributed by atoms with E-state index in [4.69, 9.17) is 14.2 Å². The summed E-state index contributed by atoms with van der Waals surface area (Å²) in [6, 6.07) is 4.02. The van der Waals surface area contributed by atoms with Gasteiger partial charge in [0.2, 0.25) is 6.79 Å². The SMILES string of the molecule is CN=C(NCc1cc(Br)c2c(c1)OCO2)N1CCOC(c2cnn(C)c2)C1.I. The van der Waals surface area contributed by atoms with Gasteiger partial charge in [-0.2, -0.15) is 5.10 Å². The Bertz CT molecular complexity index is 860. The highest BCUT2D eigenvalue weighted by molar-refractivity contribution is 14.0. The number of nitrogens with zero attached hydrogens (tertiary/aromatic N) is 4. The zero-order valence-electron chi connectivity index (χ0n) is 15.7. The molecule has 8 nitrogen and oxygen atoms in total. The number of fused-ring (bicyclic) bond motifs is 1. The first kappa shape index (κ1) is 21.2. The topological polar surface area (TPSA) is 73.1 Å². The summed E-state index contributed by atoms with van der Waals surface area (Å²) < 4.78 is 19.5. The summed E-state index contributed by atoms with van der Waals surface area (Å²) in [6.45, 7) is 3.07.